The molecule has 1 aromatic heterocycles. The van der Waals surface area contributed by atoms with Crippen LogP contribution in [0.1, 0.15) is 5.56 Å². The third-order valence-corrected chi connectivity index (χ3v) is 3.14. The van der Waals surface area contributed by atoms with Crippen molar-refractivity contribution >= 4 is 10.9 Å². The van der Waals surface area contributed by atoms with Crippen LogP contribution in [0, 0.1) is 24.0 Å². The van der Waals surface area contributed by atoms with Gasteiger partial charge in [-0.05, 0) is 24.3 Å². The second kappa shape index (κ2) is 4.39. The van der Waals surface area contributed by atoms with Crippen LogP contribution in [0.3, 0.4) is 0 Å². The average Bonchev–Trinajstić information content (AvgIpc) is 2.76. The molecule has 0 bridgehead atoms. The molecule has 1 N–H and O–H groups in total. The van der Waals surface area contributed by atoms with Crippen molar-refractivity contribution in [1.82, 2.24) is 4.57 Å². The fourth-order valence-corrected chi connectivity index (χ4v) is 2.21. The Labute approximate surface area is 113 Å². The summed E-state index contributed by atoms with van der Waals surface area (Å²) in [5.41, 5.74) is 0.516. The zero-order chi connectivity index (χ0) is 14.3. The van der Waals surface area contributed by atoms with E-state index in [4.69, 9.17) is 6.42 Å². The van der Waals surface area contributed by atoms with E-state index in [9.17, 15) is 13.9 Å². The van der Waals surface area contributed by atoms with Crippen LogP contribution < -0.4 is 0 Å². The minimum absolute atomic E-state index is 0.0439. The number of hydrogen-bond donors (Lipinski definition) is 1. The molecular weight excluding hydrogens is 260 g/mol. The molecular formula is C16H9F2NO. The number of hydrogen-bond acceptors (Lipinski definition) is 1. The van der Waals surface area contributed by atoms with Gasteiger partial charge in [0.15, 0.2) is 0 Å². The van der Waals surface area contributed by atoms with Crippen molar-refractivity contribution in [2.24, 2.45) is 0 Å². The maximum atomic E-state index is 13.7. The second-order valence-electron chi connectivity index (χ2n) is 4.33. The maximum Gasteiger partial charge on any atom is 0.143 e. The molecule has 4 heteroatoms. The summed E-state index contributed by atoms with van der Waals surface area (Å²) in [6.45, 7) is 0. The Bertz CT molecular complexity index is 836. The summed E-state index contributed by atoms with van der Waals surface area (Å²) in [4.78, 5) is 0. The average molecular weight is 269 g/mol. The van der Waals surface area contributed by atoms with Crippen LogP contribution in [-0.4, -0.2) is 9.67 Å². The highest BCUT2D eigenvalue weighted by molar-refractivity contribution is 5.88. The van der Waals surface area contributed by atoms with E-state index in [0.29, 0.717) is 10.9 Å². The number of nitrogens with zero attached hydrogens (tertiary/aromatic N) is 1. The molecule has 0 atom stereocenters. The monoisotopic (exact) mass is 269 g/mol. The second-order valence-corrected chi connectivity index (χ2v) is 4.33. The zero-order valence-corrected chi connectivity index (χ0v) is 10.3. The Kier molecular flexibility index (Phi) is 2.69. The smallest absolute Gasteiger partial charge is 0.143 e. The van der Waals surface area contributed by atoms with Gasteiger partial charge in [-0.1, -0.05) is 18.1 Å². The third-order valence-electron chi connectivity index (χ3n) is 3.14. The molecule has 0 unspecified atom stereocenters. The van der Waals surface area contributed by atoms with E-state index in [0.717, 1.165) is 12.1 Å². The minimum atomic E-state index is -0.806. The number of rotatable bonds is 1. The molecule has 3 aromatic rings. The molecule has 0 aliphatic heterocycles. The van der Waals surface area contributed by atoms with Gasteiger partial charge in [-0.25, -0.2) is 8.78 Å². The lowest BCUT2D eigenvalue weighted by molar-refractivity contribution is 0.480. The molecule has 0 radical (unpaired) electrons. The van der Waals surface area contributed by atoms with Gasteiger partial charge in [-0.15, -0.1) is 6.42 Å². The summed E-state index contributed by atoms with van der Waals surface area (Å²) in [6, 6.07) is 9.31. The SMILES string of the molecule is C#Cc1c(F)cc(-n2cc(O)c3ccccc32)cc1F. The standard InChI is InChI=1S/C16H9F2NO/c1-2-11-13(17)7-10(8-14(11)18)19-9-16(20)12-5-3-4-6-15(12)19/h1,3-9,20H. The topological polar surface area (TPSA) is 25.2 Å². The van der Waals surface area contributed by atoms with Crippen LogP contribution >= 0.6 is 0 Å². The van der Waals surface area contributed by atoms with Gasteiger partial charge >= 0.3 is 0 Å². The minimum Gasteiger partial charge on any atom is -0.506 e. The molecule has 0 saturated heterocycles. The van der Waals surface area contributed by atoms with Crippen LogP contribution in [0.25, 0.3) is 16.6 Å². The van der Waals surface area contributed by atoms with Crippen molar-refractivity contribution in [3.8, 4) is 23.8 Å². The third kappa shape index (κ3) is 1.72. The Morgan fingerprint density at radius 1 is 1.10 bits per heavy atom. The Morgan fingerprint density at radius 3 is 2.40 bits per heavy atom. The summed E-state index contributed by atoms with van der Waals surface area (Å²) in [7, 11) is 0. The number of terminal acetylenes is 1. The van der Waals surface area contributed by atoms with Crippen molar-refractivity contribution in [2.45, 2.75) is 0 Å². The van der Waals surface area contributed by atoms with E-state index >= 15 is 0 Å². The van der Waals surface area contributed by atoms with Crippen molar-refractivity contribution < 1.29 is 13.9 Å². The largest absolute Gasteiger partial charge is 0.506 e. The molecule has 2 nitrogen and oxygen atoms in total. The van der Waals surface area contributed by atoms with E-state index in [1.165, 1.54) is 10.8 Å². The molecule has 0 fully saturated rings. The first-order valence-electron chi connectivity index (χ1n) is 5.87. The van der Waals surface area contributed by atoms with Crippen LogP contribution in [0.15, 0.2) is 42.6 Å². The fraction of sp³-hybridized carbons (Fsp3) is 0. The van der Waals surface area contributed by atoms with Crippen LogP contribution in [-0.2, 0) is 0 Å². The molecule has 0 aliphatic carbocycles. The lowest BCUT2D eigenvalue weighted by Gasteiger charge is -2.07. The quantitative estimate of drug-likeness (QED) is 0.671. The predicted molar refractivity (Wildman–Crippen MR) is 72.8 cm³/mol. The predicted octanol–water partition coefficient (Wildman–Crippen LogP) is 3.60. The zero-order valence-electron chi connectivity index (χ0n) is 10.3. The molecule has 0 saturated carbocycles. The molecule has 0 amide bonds. The maximum absolute atomic E-state index is 13.7. The molecule has 0 spiro atoms. The van der Waals surface area contributed by atoms with E-state index in [2.05, 4.69) is 0 Å². The molecule has 98 valence electrons. The van der Waals surface area contributed by atoms with E-state index in [1.807, 2.05) is 5.92 Å². The van der Waals surface area contributed by atoms with Gasteiger partial charge < -0.3 is 9.67 Å². The van der Waals surface area contributed by atoms with E-state index in [-0.39, 0.29) is 11.4 Å². The highest BCUT2D eigenvalue weighted by atomic mass is 19.1. The van der Waals surface area contributed by atoms with E-state index in [1.54, 1.807) is 24.3 Å². The molecule has 0 aliphatic rings. The number of para-hydroxylation sites is 1. The lowest BCUT2D eigenvalue weighted by atomic mass is 10.2. The first-order chi connectivity index (χ1) is 9.61. The number of benzene rings is 2. The van der Waals surface area contributed by atoms with E-state index < -0.39 is 17.2 Å². The van der Waals surface area contributed by atoms with Gasteiger partial charge in [0.05, 0.1) is 23.0 Å². The number of aromatic hydroxyl groups is 1. The van der Waals surface area contributed by atoms with Crippen LogP contribution in [0.5, 0.6) is 5.75 Å². The summed E-state index contributed by atoms with van der Waals surface area (Å²) < 4.78 is 29.0. The number of fused-ring (bicyclic) bond motifs is 1. The van der Waals surface area contributed by atoms with Gasteiger partial charge in [0, 0.05) is 5.39 Å². The summed E-state index contributed by atoms with van der Waals surface area (Å²) in [5.74, 6) is 0.408. The summed E-state index contributed by atoms with van der Waals surface area (Å²) in [5, 5.41) is 10.5. The highest BCUT2D eigenvalue weighted by Crippen LogP contribution is 2.30. The van der Waals surface area contributed by atoms with Crippen LogP contribution in [0.4, 0.5) is 8.78 Å². The van der Waals surface area contributed by atoms with Gasteiger partial charge in [0.1, 0.15) is 17.4 Å². The first-order valence-corrected chi connectivity index (χ1v) is 5.87. The Balaban J connectivity index is 2.30. The van der Waals surface area contributed by atoms with Gasteiger partial charge in [0.2, 0.25) is 0 Å². The van der Waals surface area contributed by atoms with Gasteiger partial charge in [0.25, 0.3) is 0 Å². The van der Waals surface area contributed by atoms with Crippen molar-refractivity contribution in [3.63, 3.8) is 0 Å². The highest BCUT2D eigenvalue weighted by Gasteiger charge is 2.13. The normalized spacial score (nSPS) is 10.7. The Hall–Kier alpha value is -2.80. The van der Waals surface area contributed by atoms with Gasteiger partial charge in [-0.2, -0.15) is 0 Å². The fourth-order valence-electron chi connectivity index (χ4n) is 2.21. The molecule has 20 heavy (non-hydrogen) atoms. The molecule has 1 heterocycles. The Morgan fingerprint density at radius 2 is 1.75 bits per heavy atom. The molecule has 2 aromatic carbocycles. The van der Waals surface area contributed by atoms with Gasteiger partial charge in [-0.3, -0.25) is 0 Å². The summed E-state index contributed by atoms with van der Waals surface area (Å²) >= 11 is 0. The van der Waals surface area contributed by atoms with Crippen LogP contribution in [0.2, 0.25) is 0 Å². The molecule has 3 rings (SSSR count). The first kappa shape index (κ1) is 12.2. The van der Waals surface area contributed by atoms with Crippen molar-refractivity contribution in [2.75, 3.05) is 0 Å². The number of aromatic nitrogens is 1. The summed E-state index contributed by atoms with van der Waals surface area (Å²) in [6.07, 6.45) is 6.47. The van der Waals surface area contributed by atoms with Crippen molar-refractivity contribution in [1.29, 1.82) is 0 Å². The van der Waals surface area contributed by atoms with Crippen molar-refractivity contribution in [3.05, 3.63) is 59.8 Å². The lowest BCUT2D eigenvalue weighted by Crippen LogP contribution is -1.98. The number of halogens is 2.